The van der Waals surface area contributed by atoms with Gasteiger partial charge in [-0.05, 0) is 18.2 Å². The van der Waals surface area contributed by atoms with Crippen LogP contribution in [0, 0.1) is 0 Å². The number of aliphatic carboxylic acids is 1. The Hall–Kier alpha value is -2.89. The molecule has 108 valence electrons. The van der Waals surface area contributed by atoms with Gasteiger partial charge in [0.25, 0.3) is 5.91 Å². The zero-order chi connectivity index (χ0) is 15.2. The van der Waals surface area contributed by atoms with Gasteiger partial charge >= 0.3 is 5.97 Å². The van der Waals surface area contributed by atoms with E-state index in [9.17, 15) is 9.59 Å². The Balaban J connectivity index is 2.20. The second kappa shape index (κ2) is 6.51. The van der Waals surface area contributed by atoms with Crippen molar-refractivity contribution in [3.63, 3.8) is 0 Å². The molecular formula is C15H14N2O4. The molecule has 0 spiro atoms. The van der Waals surface area contributed by atoms with Gasteiger partial charge in [0.2, 0.25) is 0 Å². The molecule has 0 unspecified atom stereocenters. The number of nitrogens with zero attached hydrogens (tertiary/aromatic N) is 2. The number of hydrogen-bond acceptors (Lipinski definition) is 4. The molecule has 2 rings (SSSR count). The summed E-state index contributed by atoms with van der Waals surface area (Å²) in [5, 5.41) is 8.67. The van der Waals surface area contributed by atoms with Crippen molar-refractivity contribution in [1.82, 2.24) is 9.88 Å². The fraction of sp³-hybridized carbons (Fsp3) is 0.133. The molecule has 0 saturated heterocycles. The molecule has 0 aliphatic rings. The molecule has 0 atom stereocenters. The van der Waals surface area contributed by atoms with Crippen LogP contribution < -0.4 is 0 Å². The third-order valence-electron chi connectivity index (χ3n) is 2.83. The molecule has 1 N–H and O–H groups in total. The summed E-state index contributed by atoms with van der Waals surface area (Å²) in [5.41, 5.74) is 1.74. The van der Waals surface area contributed by atoms with Crippen molar-refractivity contribution in [3.8, 4) is 0 Å². The average Bonchev–Trinajstić information content (AvgIpc) is 2.97. The van der Waals surface area contributed by atoms with Crippen LogP contribution in [0.1, 0.15) is 21.5 Å². The highest BCUT2D eigenvalue weighted by atomic mass is 16.4. The molecule has 0 saturated carbocycles. The zero-order valence-electron chi connectivity index (χ0n) is 11.4. The van der Waals surface area contributed by atoms with Gasteiger partial charge in [0.15, 0.2) is 0 Å². The molecule has 6 nitrogen and oxygen atoms in total. The van der Waals surface area contributed by atoms with E-state index in [0.29, 0.717) is 17.7 Å². The summed E-state index contributed by atoms with van der Waals surface area (Å²) in [4.78, 5) is 28.4. The molecule has 0 aliphatic heterocycles. The lowest BCUT2D eigenvalue weighted by Gasteiger charge is -2.17. The maximum atomic E-state index is 12.4. The van der Waals surface area contributed by atoms with E-state index >= 15 is 0 Å². The van der Waals surface area contributed by atoms with Crippen molar-refractivity contribution in [2.24, 2.45) is 0 Å². The normalized spacial score (nSPS) is 10.7. The van der Waals surface area contributed by atoms with Crippen molar-refractivity contribution >= 4 is 18.0 Å². The van der Waals surface area contributed by atoms with Gasteiger partial charge in [-0.1, -0.05) is 0 Å². The largest absolute Gasteiger partial charge is 0.478 e. The molecule has 0 fully saturated rings. The summed E-state index contributed by atoms with van der Waals surface area (Å²) < 4.78 is 4.97. The van der Waals surface area contributed by atoms with E-state index in [2.05, 4.69) is 4.98 Å². The van der Waals surface area contributed by atoms with E-state index in [-0.39, 0.29) is 5.91 Å². The monoisotopic (exact) mass is 286 g/mol. The molecule has 2 aromatic rings. The number of pyridine rings is 1. The van der Waals surface area contributed by atoms with Gasteiger partial charge < -0.3 is 14.4 Å². The number of carbonyl (C=O) groups excluding carboxylic acids is 1. The maximum Gasteiger partial charge on any atom is 0.328 e. The lowest BCUT2D eigenvalue weighted by Crippen LogP contribution is -2.26. The molecule has 2 aromatic heterocycles. The van der Waals surface area contributed by atoms with Crippen LogP contribution in [-0.4, -0.2) is 33.9 Å². The molecule has 21 heavy (non-hydrogen) atoms. The minimum Gasteiger partial charge on any atom is -0.478 e. The molecule has 0 bridgehead atoms. The van der Waals surface area contributed by atoms with Crippen molar-refractivity contribution in [3.05, 3.63) is 59.8 Å². The lowest BCUT2D eigenvalue weighted by molar-refractivity contribution is -0.131. The Bertz CT molecular complexity index is 662. The summed E-state index contributed by atoms with van der Waals surface area (Å²) in [7, 11) is 1.67. The van der Waals surface area contributed by atoms with E-state index in [4.69, 9.17) is 9.52 Å². The Morgan fingerprint density at radius 1 is 1.43 bits per heavy atom. The van der Waals surface area contributed by atoms with Gasteiger partial charge in [-0.25, -0.2) is 4.79 Å². The van der Waals surface area contributed by atoms with Crippen molar-refractivity contribution in [2.75, 3.05) is 7.05 Å². The van der Waals surface area contributed by atoms with Crippen LogP contribution in [0.15, 0.2) is 47.5 Å². The first-order valence-electron chi connectivity index (χ1n) is 6.19. The van der Waals surface area contributed by atoms with Crippen molar-refractivity contribution < 1.29 is 19.1 Å². The lowest BCUT2D eigenvalue weighted by atomic mass is 10.1. The Morgan fingerprint density at radius 3 is 2.90 bits per heavy atom. The van der Waals surface area contributed by atoms with E-state index in [0.717, 1.165) is 11.6 Å². The van der Waals surface area contributed by atoms with Crippen LogP contribution in [0.3, 0.4) is 0 Å². The fourth-order valence-corrected chi connectivity index (χ4v) is 1.83. The van der Waals surface area contributed by atoms with Crippen molar-refractivity contribution in [1.29, 1.82) is 0 Å². The summed E-state index contributed by atoms with van der Waals surface area (Å²) >= 11 is 0. The number of carboxylic acids is 1. The van der Waals surface area contributed by atoms with Crippen LogP contribution in [-0.2, 0) is 11.3 Å². The topological polar surface area (TPSA) is 83.6 Å². The third kappa shape index (κ3) is 3.79. The summed E-state index contributed by atoms with van der Waals surface area (Å²) in [5.74, 6) is -1.30. The number of rotatable bonds is 5. The van der Waals surface area contributed by atoms with Crippen LogP contribution in [0.5, 0.6) is 0 Å². The maximum absolute atomic E-state index is 12.4. The van der Waals surface area contributed by atoms with Gasteiger partial charge in [0, 0.05) is 48.8 Å². The van der Waals surface area contributed by atoms with Crippen LogP contribution in [0.2, 0.25) is 0 Å². The standard InChI is InChI=1S/C15H14N2O4/c1-17(9-11-5-7-21-10-11)15(20)13-4-6-16-8-12(13)2-3-14(18)19/h2-8,10H,9H2,1H3,(H,18,19). The quantitative estimate of drug-likeness (QED) is 0.850. The molecule has 6 heteroatoms. The molecule has 0 aliphatic carbocycles. The number of carboxylic acid groups (broad SMARTS) is 1. The molecule has 0 aromatic carbocycles. The second-order valence-corrected chi connectivity index (χ2v) is 4.43. The molecule has 0 radical (unpaired) electrons. The highest BCUT2D eigenvalue weighted by Gasteiger charge is 2.15. The predicted molar refractivity (Wildman–Crippen MR) is 75.4 cm³/mol. The van der Waals surface area contributed by atoms with Gasteiger partial charge in [0.1, 0.15) is 0 Å². The fourth-order valence-electron chi connectivity index (χ4n) is 1.83. The number of amides is 1. The van der Waals surface area contributed by atoms with E-state index in [1.165, 1.54) is 23.4 Å². The van der Waals surface area contributed by atoms with Gasteiger partial charge in [-0.3, -0.25) is 9.78 Å². The minimum absolute atomic E-state index is 0.219. The zero-order valence-corrected chi connectivity index (χ0v) is 11.4. The van der Waals surface area contributed by atoms with Crippen LogP contribution in [0.4, 0.5) is 0 Å². The average molecular weight is 286 g/mol. The number of aromatic nitrogens is 1. The van der Waals surface area contributed by atoms with Gasteiger partial charge in [0.05, 0.1) is 12.5 Å². The number of furan rings is 1. The van der Waals surface area contributed by atoms with Gasteiger partial charge in [-0.2, -0.15) is 0 Å². The van der Waals surface area contributed by atoms with Crippen LogP contribution >= 0.6 is 0 Å². The smallest absolute Gasteiger partial charge is 0.328 e. The minimum atomic E-state index is -1.08. The Morgan fingerprint density at radius 2 is 2.24 bits per heavy atom. The summed E-state index contributed by atoms with van der Waals surface area (Å²) in [6, 6.07) is 3.34. The highest BCUT2D eigenvalue weighted by Crippen LogP contribution is 2.14. The highest BCUT2D eigenvalue weighted by molar-refractivity contribution is 5.98. The first-order valence-corrected chi connectivity index (χ1v) is 6.19. The molecular weight excluding hydrogens is 272 g/mol. The van der Waals surface area contributed by atoms with Crippen molar-refractivity contribution in [2.45, 2.75) is 6.54 Å². The number of carbonyl (C=O) groups is 2. The molecule has 1 amide bonds. The van der Waals surface area contributed by atoms with E-state index in [1.54, 1.807) is 31.7 Å². The second-order valence-electron chi connectivity index (χ2n) is 4.43. The Labute approximate surface area is 121 Å². The summed E-state index contributed by atoms with van der Waals surface area (Å²) in [6.07, 6.45) is 8.40. The van der Waals surface area contributed by atoms with E-state index in [1.807, 2.05) is 0 Å². The summed E-state index contributed by atoms with van der Waals surface area (Å²) in [6.45, 7) is 0.403. The SMILES string of the molecule is CN(Cc1ccoc1)C(=O)c1ccncc1C=CC(=O)O. The first-order chi connectivity index (χ1) is 10.1. The first kappa shape index (κ1) is 14.5. The predicted octanol–water partition coefficient (Wildman–Crippen LogP) is 2.04. The molecule has 2 heterocycles. The number of hydrogen-bond donors (Lipinski definition) is 1. The third-order valence-corrected chi connectivity index (χ3v) is 2.83. The van der Waals surface area contributed by atoms with Crippen LogP contribution in [0.25, 0.3) is 6.08 Å². The van der Waals surface area contributed by atoms with E-state index < -0.39 is 5.97 Å². The Kier molecular flexibility index (Phi) is 4.50. The van der Waals surface area contributed by atoms with Gasteiger partial charge in [-0.15, -0.1) is 0 Å².